The third-order valence-electron chi connectivity index (χ3n) is 9.84. The van der Waals surface area contributed by atoms with E-state index in [9.17, 15) is 15.2 Å². The van der Waals surface area contributed by atoms with Gasteiger partial charge in [-0.1, -0.05) is 109 Å². The number of rotatable bonds is 9. The van der Waals surface area contributed by atoms with Crippen molar-refractivity contribution in [2.24, 2.45) is 0 Å². The molecule has 1 heterocycles. The molecule has 0 aliphatic carbocycles. The average Bonchev–Trinajstić information content (AvgIpc) is 3.49. The minimum Gasteiger partial charge on any atom is -0.477 e. The molecule has 0 saturated carbocycles. The normalized spacial score (nSPS) is 11.4. The molecule has 0 fully saturated rings. The molecule has 0 saturated heterocycles. The van der Waals surface area contributed by atoms with Crippen LogP contribution < -0.4 is 9.80 Å². The number of nitriles is 1. The number of carbonyl (C=O) groups is 1. The van der Waals surface area contributed by atoms with Crippen molar-refractivity contribution < 1.29 is 9.90 Å². The summed E-state index contributed by atoms with van der Waals surface area (Å²) < 4.78 is 0. The number of fused-ring (bicyclic) bond motifs is 2. The number of benzene rings is 7. The highest BCUT2D eigenvalue weighted by molar-refractivity contribution is 7.16. The molecular weight excluding hydrogens is 683 g/mol. The van der Waals surface area contributed by atoms with Crippen LogP contribution in [0.5, 0.6) is 0 Å². The molecule has 0 radical (unpaired) electrons. The molecule has 0 bridgehead atoms. The number of anilines is 6. The van der Waals surface area contributed by atoms with Crippen LogP contribution in [0.1, 0.15) is 16.0 Å². The van der Waals surface area contributed by atoms with E-state index in [2.05, 4.69) is 168 Å². The van der Waals surface area contributed by atoms with E-state index < -0.39 is 5.97 Å². The molecule has 0 aliphatic rings. The van der Waals surface area contributed by atoms with E-state index in [0.717, 1.165) is 82.1 Å². The molecule has 260 valence electrons. The van der Waals surface area contributed by atoms with Gasteiger partial charge in [-0.05, 0) is 102 Å². The maximum atomic E-state index is 11.9. The summed E-state index contributed by atoms with van der Waals surface area (Å²) in [4.78, 5) is 18.3. The summed E-state index contributed by atoms with van der Waals surface area (Å²) in [7, 11) is 0. The van der Waals surface area contributed by atoms with Crippen LogP contribution >= 0.6 is 11.3 Å². The van der Waals surface area contributed by atoms with Crippen LogP contribution in [0.15, 0.2) is 169 Å². The van der Waals surface area contributed by atoms with Gasteiger partial charge in [0.2, 0.25) is 0 Å². The lowest BCUT2D eigenvalue weighted by Gasteiger charge is -2.31. The number of carboxylic acids is 1. The Morgan fingerprint density at radius 2 is 1.06 bits per heavy atom. The predicted octanol–water partition coefficient (Wildman–Crippen LogP) is 13.3. The van der Waals surface area contributed by atoms with Crippen LogP contribution in [0.4, 0.5) is 34.1 Å². The summed E-state index contributed by atoms with van der Waals surface area (Å²) in [6.45, 7) is 4.05. The lowest BCUT2D eigenvalue weighted by Crippen LogP contribution is -2.14. The summed E-state index contributed by atoms with van der Waals surface area (Å²) in [5.74, 6) is -1.24. The molecule has 1 N–H and O–H groups in total. The Kier molecular flexibility index (Phi) is 9.23. The van der Waals surface area contributed by atoms with Crippen LogP contribution in [0.2, 0.25) is 0 Å². The number of thiophene rings is 1. The van der Waals surface area contributed by atoms with Gasteiger partial charge in [-0.2, -0.15) is 5.26 Å². The topological polar surface area (TPSA) is 67.6 Å². The SMILES string of the molecule is Cc1c(/C=C(/C#N)C(=O)O)sc(-c2cc(N(c3ccccc3)c3cccc4ccccc34)cc(N(c3ccccc3)c3cccc4ccccc34)c2)c1C. The summed E-state index contributed by atoms with van der Waals surface area (Å²) in [6, 6.07) is 59.1. The van der Waals surface area contributed by atoms with Crippen LogP contribution in [-0.2, 0) is 4.79 Å². The van der Waals surface area contributed by atoms with Gasteiger partial charge in [0.15, 0.2) is 0 Å². The Labute approximate surface area is 318 Å². The van der Waals surface area contributed by atoms with Crippen LogP contribution in [-0.4, -0.2) is 11.1 Å². The van der Waals surface area contributed by atoms with Crippen molar-refractivity contribution in [2.45, 2.75) is 13.8 Å². The molecule has 6 heteroatoms. The molecule has 0 spiro atoms. The molecule has 5 nitrogen and oxygen atoms in total. The molecule has 0 aliphatic heterocycles. The summed E-state index contributed by atoms with van der Waals surface area (Å²) in [5, 5.41) is 23.8. The van der Waals surface area contributed by atoms with Crippen molar-refractivity contribution in [3.8, 4) is 16.5 Å². The van der Waals surface area contributed by atoms with Crippen LogP contribution in [0, 0.1) is 25.2 Å². The van der Waals surface area contributed by atoms with E-state index in [4.69, 9.17) is 0 Å². The first kappa shape index (κ1) is 34.2. The molecule has 8 rings (SSSR count). The van der Waals surface area contributed by atoms with Gasteiger partial charge in [0.1, 0.15) is 11.6 Å². The Balaban J connectivity index is 1.45. The number of aliphatic carboxylic acids is 1. The van der Waals surface area contributed by atoms with Crippen molar-refractivity contribution >= 4 is 79.1 Å². The summed E-state index contributed by atoms with van der Waals surface area (Å²) >= 11 is 1.50. The molecule has 0 atom stereocenters. The smallest absolute Gasteiger partial charge is 0.346 e. The highest BCUT2D eigenvalue weighted by atomic mass is 32.1. The van der Waals surface area contributed by atoms with Gasteiger partial charge in [0.05, 0.1) is 11.4 Å². The first-order valence-corrected chi connectivity index (χ1v) is 18.5. The van der Waals surface area contributed by atoms with Crippen LogP contribution in [0.3, 0.4) is 0 Å². The van der Waals surface area contributed by atoms with Crippen LogP contribution in [0.25, 0.3) is 38.1 Å². The second-order valence-corrected chi connectivity index (χ2v) is 14.1. The first-order valence-electron chi connectivity index (χ1n) is 17.7. The van der Waals surface area contributed by atoms with E-state index in [0.29, 0.717) is 0 Å². The van der Waals surface area contributed by atoms with Gasteiger partial charge >= 0.3 is 5.97 Å². The molecular formula is C48H35N3O2S. The average molecular weight is 718 g/mol. The van der Waals surface area contributed by atoms with Crippen molar-refractivity contribution in [1.29, 1.82) is 5.26 Å². The van der Waals surface area contributed by atoms with Gasteiger partial charge in [-0.3, -0.25) is 0 Å². The van der Waals surface area contributed by atoms with Crippen molar-refractivity contribution in [3.63, 3.8) is 0 Å². The Hall–Kier alpha value is -6.94. The highest BCUT2D eigenvalue weighted by Gasteiger charge is 2.23. The van der Waals surface area contributed by atoms with Gasteiger partial charge < -0.3 is 14.9 Å². The fraction of sp³-hybridized carbons (Fsp3) is 0.0417. The van der Waals surface area contributed by atoms with E-state index >= 15 is 0 Å². The largest absolute Gasteiger partial charge is 0.477 e. The number of hydrogen-bond acceptors (Lipinski definition) is 5. The third-order valence-corrected chi connectivity index (χ3v) is 11.2. The number of carboxylic acid groups (broad SMARTS) is 1. The number of nitrogens with zero attached hydrogens (tertiary/aromatic N) is 3. The fourth-order valence-corrected chi connectivity index (χ4v) is 8.35. The Morgan fingerprint density at radius 1 is 0.593 bits per heavy atom. The molecule has 0 unspecified atom stereocenters. The zero-order valence-electron chi connectivity index (χ0n) is 29.8. The molecule has 0 amide bonds. The second-order valence-electron chi connectivity index (χ2n) is 13.1. The second kappa shape index (κ2) is 14.6. The number of para-hydroxylation sites is 2. The fourth-order valence-electron chi connectivity index (χ4n) is 7.10. The van der Waals surface area contributed by atoms with Crippen molar-refractivity contribution in [1.82, 2.24) is 0 Å². The van der Waals surface area contributed by atoms with Crippen molar-refractivity contribution in [2.75, 3.05) is 9.80 Å². The minimum atomic E-state index is -1.24. The lowest BCUT2D eigenvalue weighted by atomic mass is 10.0. The lowest BCUT2D eigenvalue weighted by molar-refractivity contribution is -0.132. The maximum Gasteiger partial charge on any atom is 0.346 e. The van der Waals surface area contributed by atoms with Gasteiger partial charge in [-0.15, -0.1) is 11.3 Å². The zero-order valence-corrected chi connectivity index (χ0v) is 30.6. The third kappa shape index (κ3) is 6.38. The first-order chi connectivity index (χ1) is 26.4. The maximum absolute atomic E-state index is 11.9. The standard InChI is InChI=1S/C48H35N3O2S/c1-32-33(2)47(54-46(32)29-37(31-49)48(52)53)36-27-40(50(38-19-5-3-6-20-38)44-25-13-17-34-15-9-11-23-42(34)44)30-41(28-36)51(39-21-7-4-8-22-39)45-26-14-18-35-16-10-12-24-43(35)45/h3-30H,1-2H3,(H,52,53)/b37-29-. The van der Waals surface area contributed by atoms with E-state index in [1.807, 2.05) is 25.1 Å². The molecule has 54 heavy (non-hydrogen) atoms. The van der Waals surface area contributed by atoms with E-state index in [-0.39, 0.29) is 5.57 Å². The van der Waals surface area contributed by atoms with Gasteiger partial charge in [0.25, 0.3) is 0 Å². The summed E-state index contributed by atoms with van der Waals surface area (Å²) in [5.41, 5.74) is 8.68. The Morgan fingerprint density at radius 3 is 1.54 bits per heavy atom. The van der Waals surface area contributed by atoms with E-state index in [1.165, 1.54) is 17.4 Å². The molecule has 1 aromatic heterocycles. The molecule has 8 aromatic rings. The van der Waals surface area contributed by atoms with Gasteiger partial charge in [-0.25, -0.2) is 4.79 Å². The molecule has 7 aromatic carbocycles. The van der Waals surface area contributed by atoms with Gasteiger partial charge in [0, 0.05) is 43.3 Å². The van der Waals surface area contributed by atoms with E-state index in [1.54, 1.807) is 0 Å². The zero-order chi connectivity index (χ0) is 37.2. The van der Waals surface area contributed by atoms with Crippen molar-refractivity contribution in [3.05, 3.63) is 185 Å². The Bertz CT molecular complexity index is 2590. The predicted molar refractivity (Wildman–Crippen MR) is 225 cm³/mol. The minimum absolute atomic E-state index is 0.294. The monoisotopic (exact) mass is 717 g/mol. The quantitative estimate of drug-likeness (QED) is 0.119. The number of hydrogen-bond donors (Lipinski definition) is 1. The summed E-state index contributed by atoms with van der Waals surface area (Å²) in [6.07, 6.45) is 1.49. The highest BCUT2D eigenvalue weighted by Crippen LogP contribution is 2.47.